The Labute approximate surface area is 132 Å². The molecule has 0 atom stereocenters. The van der Waals surface area contributed by atoms with E-state index in [1.165, 1.54) is 22.3 Å². The summed E-state index contributed by atoms with van der Waals surface area (Å²) < 4.78 is 0. The zero-order valence-corrected chi connectivity index (χ0v) is 14.3. The minimum Gasteiger partial charge on any atom is -0.381 e. The van der Waals surface area contributed by atoms with Gasteiger partial charge in [-0.3, -0.25) is 4.79 Å². The quantitative estimate of drug-likeness (QED) is 0.879. The fraction of sp³-hybridized carbons (Fsp3) is 0.421. The number of aromatic nitrogens is 1. The summed E-state index contributed by atoms with van der Waals surface area (Å²) in [5.41, 5.74) is 7.86. The van der Waals surface area contributed by atoms with Crippen LogP contribution in [0.15, 0.2) is 23.0 Å². The summed E-state index contributed by atoms with van der Waals surface area (Å²) in [5, 5.41) is 3.25. The molecule has 2 N–H and O–H groups in total. The van der Waals surface area contributed by atoms with Gasteiger partial charge in [0.2, 0.25) is 0 Å². The number of H-pyrrole nitrogens is 1. The highest BCUT2D eigenvalue weighted by atomic mass is 16.1. The molecule has 0 aliphatic heterocycles. The van der Waals surface area contributed by atoms with Gasteiger partial charge in [0.15, 0.2) is 0 Å². The number of rotatable bonds is 5. The van der Waals surface area contributed by atoms with Crippen molar-refractivity contribution in [1.82, 2.24) is 4.98 Å². The Balaban J connectivity index is 2.58. The van der Waals surface area contributed by atoms with E-state index in [4.69, 9.17) is 0 Å². The topological polar surface area (TPSA) is 44.9 Å². The van der Waals surface area contributed by atoms with Crippen LogP contribution in [0.1, 0.15) is 47.4 Å². The number of hydrogen-bond donors (Lipinski definition) is 2. The van der Waals surface area contributed by atoms with Gasteiger partial charge in [0.25, 0.3) is 5.56 Å². The zero-order valence-electron chi connectivity index (χ0n) is 14.3. The van der Waals surface area contributed by atoms with Gasteiger partial charge in [0.1, 0.15) is 5.69 Å². The molecule has 1 aromatic carbocycles. The molecule has 118 valence electrons. The highest BCUT2D eigenvalue weighted by molar-refractivity contribution is 5.56. The number of benzene rings is 1. The van der Waals surface area contributed by atoms with Gasteiger partial charge < -0.3 is 10.3 Å². The third-order valence-electron chi connectivity index (χ3n) is 4.02. The van der Waals surface area contributed by atoms with Gasteiger partial charge in [0, 0.05) is 18.7 Å². The first-order valence-corrected chi connectivity index (χ1v) is 8.01. The highest BCUT2D eigenvalue weighted by Crippen LogP contribution is 2.23. The number of pyridine rings is 1. The lowest BCUT2D eigenvalue weighted by Crippen LogP contribution is -2.20. The molecule has 0 spiro atoms. The average molecular weight is 298 g/mol. The molecule has 0 unspecified atom stereocenters. The Morgan fingerprint density at radius 3 is 2.18 bits per heavy atom. The van der Waals surface area contributed by atoms with E-state index in [0.29, 0.717) is 0 Å². The Bertz CT molecular complexity index is 709. The van der Waals surface area contributed by atoms with Crippen LogP contribution in [-0.4, -0.2) is 11.5 Å². The summed E-state index contributed by atoms with van der Waals surface area (Å²) in [6, 6.07) is 6.59. The number of nitrogens with one attached hydrogen (secondary N) is 2. The van der Waals surface area contributed by atoms with Crippen LogP contribution in [0.5, 0.6) is 0 Å². The predicted molar refractivity (Wildman–Crippen MR) is 94.1 cm³/mol. The molecule has 0 fully saturated rings. The van der Waals surface area contributed by atoms with Crippen molar-refractivity contribution in [2.75, 3.05) is 11.9 Å². The SMILES string of the molecule is CCNc1c(Cc2cc(C)cc(C)c2)c(CC)c(C)[nH]c1=O. The minimum absolute atomic E-state index is 0.0177. The van der Waals surface area contributed by atoms with Crippen molar-refractivity contribution < 1.29 is 0 Å². The summed E-state index contributed by atoms with van der Waals surface area (Å²) in [6.07, 6.45) is 1.71. The van der Waals surface area contributed by atoms with Crippen LogP contribution in [0.25, 0.3) is 0 Å². The van der Waals surface area contributed by atoms with E-state index < -0.39 is 0 Å². The van der Waals surface area contributed by atoms with Crippen molar-refractivity contribution >= 4 is 5.69 Å². The first-order valence-electron chi connectivity index (χ1n) is 8.01. The van der Waals surface area contributed by atoms with Gasteiger partial charge in [-0.25, -0.2) is 0 Å². The fourth-order valence-corrected chi connectivity index (χ4v) is 3.24. The Hall–Kier alpha value is -2.03. The molecule has 0 bridgehead atoms. The second-order valence-electron chi connectivity index (χ2n) is 5.97. The highest BCUT2D eigenvalue weighted by Gasteiger charge is 2.15. The smallest absolute Gasteiger partial charge is 0.271 e. The molecule has 0 amide bonds. The molecular formula is C19H26N2O. The maximum absolute atomic E-state index is 12.3. The van der Waals surface area contributed by atoms with Gasteiger partial charge in [-0.1, -0.05) is 36.2 Å². The molecule has 22 heavy (non-hydrogen) atoms. The minimum atomic E-state index is -0.0177. The summed E-state index contributed by atoms with van der Waals surface area (Å²) in [6.45, 7) is 11.1. The van der Waals surface area contributed by atoms with Crippen molar-refractivity contribution in [1.29, 1.82) is 0 Å². The van der Waals surface area contributed by atoms with Gasteiger partial charge in [-0.15, -0.1) is 0 Å². The van der Waals surface area contributed by atoms with Crippen LogP contribution in [0, 0.1) is 20.8 Å². The Kier molecular flexibility index (Phi) is 5.07. The maximum Gasteiger partial charge on any atom is 0.271 e. The van der Waals surface area contributed by atoms with Crippen LogP contribution in [0.3, 0.4) is 0 Å². The molecule has 3 heteroatoms. The Morgan fingerprint density at radius 2 is 1.64 bits per heavy atom. The van der Waals surface area contributed by atoms with Crippen LogP contribution in [0.4, 0.5) is 5.69 Å². The third kappa shape index (κ3) is 3.41. The van der Waals surface area contributed by atoms with E-state index in [0.717, 1.165) is 36.3 Å². The summed E-state index contributed by atoms with van der Waals surface area (Å²) in [7, 11) is 0. The van der Waals surface area contributed by atoms with E-state index in [9.17, 15) is 4.79 Å². The van der Waals surface area contributed by atoms with Crippen molar-refractivity contribution in [2.45, 2.75) is 47.5 Å². The second kappa shape index (κ2) is 6.82. The van der Waals surface area contributed by atoms with Crippen LogP contribution >= 0.6 is 0 Å². The monoisotopic (exact) mass is 298 g/mol. The van der Waals surface area contributed by atoms with E-state index in [1.807, 2.05) is 13.8 Å². The van der Waals surface area contributed by atoms with Crippen molar-refractivity contribution in [3.8, 4) is 0 Å². The van der Waals surface area contributed by atoms with E-state index in [-0.39, 0.29) is 5.56 Å². The number of aryl methyl sites for hydroxylation is 3. The molecule has 1 heterocycles. The molecule has 0 radical (unpaired) electrons. The van der Waals surface area contributed by atoms with Crippen molar-refractivity contribution in [3.05, 3.63) is 62.1 Å². The Morgan fingerprint density at radius 1 is 1.00 bits per heavy atom. The molecule has 0 saturated carbocycles. The van der Waals surface area contributed by atoms with Crippen molar-refractivity contribution in [3.63, 3.8) is 0 Å². The lowest BCUT2D eigenvalue weighted by molar-refractivity contribution is 0.968. The molecular weight excluding hydrogens is 272 g/mol. The molecule has 0 saturated heterocycles. The standard InChI is InChI=1S/C19H26N2O/c1-6-16-14(5)21-19(22)18(20-7-2)17(16)11-15-9-12(3)8-13(4)10-15/h8-10,20H,6-7,11H2,1-5H3,(H,21,22). The third-order valence-corrected chi connectivity index (χ3v) is 4.02. The van der Waals surface area contributed by atoms with Crippen LogP contribution in [0.2, 0.25) is 0 Å². The lowest BCUT2D eigenvalue weighted by atomic mass is 9.94. The summed E-state index contributed by atoms with van der Waals surface area (Å²) >= 11 is 0. The summed E-state index contributed by atoms with van der Waals surface area (Å²) in [4.78, 5) is 15.3. The van der Waals surface area contributed by atoms with Crippen LogP contribution in [-0.2, 0) is 12.8 Å². The fourth-order valence-electron chi connectivity index (χ4n) is 3.24. The number of hydrogen-bond acceptors (Lipinski definition) is 2. The summed E-state index contributed by atoms with van der Waals surface area (Å²) in [5.74, 6) is 0. The predicted octanol–water partition coefficient (Wildman–Crippen LogP) is 3.89. The number of anilines is 1. The normalized spacial score (nSPS) is 10.8. The van der Waals surface area contributed by atoms with E-state index in [1.54, 1.807) is 0 Å². The molecule has 2 rings (SSSR count). The largest absolute Gasteiger partial charge is 0.381 e. The maximum atomic E-state index is 12.3. The lowest BCUT2D eigenvalue weighted by Gasteiger charge is -2.17. The zero-order chi connectivity index (χ0) is 16.3. The van der Waals surface area contributed by atoms with Gasteiger partial charge in [-0.2, -0.15) is 0 Å². The van der Waals surface area contributed by atoms with Gasteiger partial charge in [0.05, 0.1) is 0 Å². The van der Waals surface area contributed by atoms with Crippen LogP contribution < -0.4 is 10.9 Å². The molecule has 3 nitrogen and oxygen atoms in total. The second-order valence-corrected chi connectivity index (χ2v) is 5.97. The van der Waals surface area contributed by atoms with E-state index >= 15 is 0 Å². The molecule has 1 aromatic heterocycles. The van der Waals surface area contributed by atoms with Gasteiger partial charge in [-0.05, 0) is 50.8 Å². The molecule has 0 aliphatic carbocycles. The average Bonchev–Trinajstić information content (AvgIpc) is 2.42. The van der Waals surface area contributed by atoms with Gasteiger partial charge >= 0.3 is 0 Å². The molecule has 0 aliphatic rings. The number of aromatic amines is 1. The first-order chi connectivity index (χ1) is 10.5. The van der Waals surface area contributed by atoms with E-state index in [2.05, 4.69) is 49.3 Å². The molecule has 2 aromatic rings. The first kappa shape index (κ1) is 16.3. The van der Waals surface area contributed by atoms with Crippen molar-refractivity contribution in [2.24, 2.45) is 0 Å².